The van der Waals surface area contributed by atoms with Gasteiger partial charge in [-0.1, -0.05) is 234 Å². The van der Waals surface area contributed by atoms with Gasteiger partial charge in [-0.2, -0.15) is 0 Å². The van der Waals surface area contributed by atoms with E-state index in [-0.39, 0.29) is 18.0 Å². The van der Waals surface area contributed by atoms with Gasteiger partial charge in [0, 0.05) is 31.8 Å². The van der Waals surface area contributed by atoms with E-state index in [0.717, 1.165) is 83.7 Å². The van der Waals surface area contributed by atoms with Crippen molar-refractivity contribution < 1.29 is 23.9 Å². The zero-order valence-electron chi connectivity index (χ0n) is 47.8. The Hall–Kier alpha value is -1.63. The largest absolute Gasteiger partial charge is 0.465 e. The van der Waals surface area contributed by atoms with Crippen LogP contribution in [0.4, 0.5) is 0 Å². The van der Waals surface area contributed by atoms with E-state index in [4.69, 9.17) is 9.47 Å². The van der Waals surface area contributed by atoms with Gasteiger partial charge in [0.2, 0.25) is 5.91 Å². The van der Waals surface area contributed by atoms with Gasteiger partial charge in [-0.3, -0.25) is 14.4 Å². The molecule has 0 spiro atoms. The number of unbranched alkanes of at least 4 members (excludes halogenated alkanes) is 28. The highest BCUT2D eigenvalue weighted by Gasteiger charge is 2.23. The van der Waals surface area contributed by atoms with Crippen LogP contribution in [-0.4, -0.2) is 74.1 Å². The minimum atomic E-state index is -0.0314. The molecule has 0 saturated carbocycles. The van der Waals surface area contributed by atoms with Crippen molar-refractivity contribution in [2.45, 2.75) is 330 Å². The summed E-state index contributed by atoms with van der Waals surface area (Å²) in [6.07, 6.45) is 51.8. The van der Waals surface area contributed by atoms with Crippen molar-refractivity contribution in [1.29, 1.82) is 0 Å². The molecule has 0 aliphatic rings. The number of esters is 2. The fraction of sp³-hybridized carbons (Fsp3) is 0.952. The van der Waals surface area contributed by atoms with Gasteiger partial charge in [-0.25, -0.2) is 0 Å². The van der Waals surface area contributed by atoms with E-state index in [1.807, 2.05) is 0 Å². The van der Waals surface area contributed by atoms with Crippen LogP contribution in [0, 0.1) is 11.8 Å². The fourth-order valence-electron chi connectivity index (χ4n) is 10.2. The van der Waals surface area contributed by atoms with E-state index in [1.165, 1.54) is 199 Å². The quantitative estimate of drug-likeness (QED) is 0.0446. The minimum absolute atomic E-state index is 0.0314. The number of nitrogens with zero attached hydrogens (tertiary/aromatic N) is 2. The number of rotatable bonds is 55. The van der Waals surface area contributed by atoms with Crippen molar-refractivity contribution in [3.63, 3.8) is 0 Å². The van der Waals surface area contributed by atoms with Crippen molar-refractivity contribution in [2.75, 3.05) is 40.4 Å². The van der Waals surface area contributed by atoms with Crippen molar-refractivity contribution in [1.82, 2.24) is 9.80 Å². The normalized spacial score (nSPS) is 12.9. The third-order valence-electron chi connectivity index (χ3n) is 14.9. The average Bonchev–Trinajstić information content (AvgIpc) is 3.34. The molecule has 0 aromatic carbocycles. The van der Waals surface area contributed by atoms with Gasteiger partial charge in [0.15, 0.2) is 0 Å². The molecule has 0 fully saturated rings. The molecule has 69 heavy (non-hydrogen) atoms. The van der Waals surface area contributed by atoms with Gasteiger partial charge in [-0.05, 0) is 103 Å². The van der Waals surface area contributed by atoms with Crippen LogP contribution in [0.25, 0.3) is 0 Å². The molecule has 7 nitrogen and oxygen atoms in total. The maximum atomic E-state index is 14.1. The van der Waals surface area contributed by atoms with E-state index in [2.05, 4.69) is 58.5 Å². The second-order valence-corrected chi connectivity index (χ2v) is 22.1. The van der Waals surface area contributed by atoms with Crippen molar-refractivity contribution in [2.24, 2.45) is 11.8 Å². The second kappa shape index (κ2) is 52.7. The number of ether oxygens (including phenoxy) is 2. The van der Waals surface area contributed by atoms with Gasteiger partial charge in [0.1, 0.15) is 0 Å². The highest BCUT2D eigenvalue weighted by Crippen LogP contribution is 2.24. The standard InChI is InChI=1S/C62H122N2O5/c1-8-13-18-23-26-27-30-42-54-64(60(65)50-41-43-53-63(6)7)59(48-37-31-39-51-61(66)68-55-57(44-33-21-16-11-4)46-35-28-24-19-14-9-2)49-38-32-40-52-62(67)69-56-58(45-34-22-17-12-5)47-36-29-25-20-15-10-3/h57-59H,8-56H2,1-7H3. The Morgan fingerprint density at radius 1 is 0.333 bits per heavy atom. The van der Waals surface area contributed by atoms with Crippen molar-refractivity contribution in [3.05, 3.63) is 0 Å². The third kappa shape index (κ3) is 45.9. The Bertz CT molecular complexity index is 1040. The lowest BCUT2D eigenvalue weighted by molar-refractivity contribution is -0.146. The first-order chi connectivity index (χ1) is 33.7. The summed E-state index contributed by atoms with van der Waals surface area (Å²) in [5.41, 5.74) is 0. The topological polar surface area (TPSA) is 76.2 Å². The van der Waals surface area contributed by atoms with E-state index >= 15 is 0 Å². The molecule has 2 unspecified atom stereocenters. The van der Waals surface area contributed by atoms with E-state index in [9.17, 15) is 14.4 Å². The first kappa shape index (κ1) is 67.4. The average molecular weight is 976 g/mol. The maximum Gasteiger partial charge on any atom is 0.305 e. The van der Waals surface area contributed by atoms with E-state index in [1.54, 1.807) is 0 Å². The van der Waals surface area contributed by atoms with Crippen molar-refractivity contribution in [3.8, 4) is 0 Å². The molecule has 0 saturated heterocycles. The van der Waals surface area contributed by atoms with Gasteiger partial charge < -0.3 is 19.3 Å². The molecule has 2 atom stereocenters. The first-order valence-electron chi connectivity index (χ1n) is 31.0. The van der Waals surface area contributed by atoms with Crippen LogP contribution in [0.1, 0.15) is 324 Å². The number of carbonyl (C=O) groups is 3. The summed E-state index contributed by atoms with van der Waals surface area (Å²) in [6.45, 7) is 14.4. The number of hydrogen-bond donors (Lipinski definition) is 0. The van der Waals surface area contributed by atoms with E-state index < -0.39 is 0 Å². The Morgan fingerprint density at radius 3 is 1.00 bits per heavy atom. The van der Waals surface area contributed by atoms with Crippen LogP contribution in [0.2, 0.25) is 0 Å². The molecule has 1 amide bonds. The summed E-state index contributed by atoms with van der Waals surface area (Å²) in [5, 5.41) is 0. The molecule has 0 radical (unpaired) electrons. The Labute approximate surface area is 431 Å². The molecule has 410 valence electrons. The molecule has 0 aromatic rings. The van der Waals surface area contributed by atoms with Crippen LogP contribution in [0.3, 0.4) is 0 Å². The van der Waals surface area contributed by atoms with Crippen LogP contribution in [0.15, 0.2) is 0 Å². The zero-order valence-corrected chi connectivity index (χ0v) is 47.8. The van der Waals surface area contributed by atoms with Gasteiger partial charge in [0.05, 0.1) is 13.2 Å². The minimum Gasteiger partial charge on any atom is -0.465 e. The molecule has 0 heterocycles. The summed E-state index contributed by atoms with van der Waals surface area (Å²) < 4.78 is 11.9. The molecule has 0 aromatic heterocycles. The van der Waals surface area contributed by atoms with Crippen LogP contribution in [0.5, 0.6) is 0 Å². The maximum absolute atomic E-state index is 14.1. The lowest BCUT2D eigenvalue weighted by atomic mass is 9.95. The molecule has 0 N–H and O–H groups in total. The Morgan fingerprint density at radius 2 is 0.623 bits per heavy atom. The monoisotopic (exact) mass is 975 g/mol. The summed E-state index contributed by atoms with van der Waals surface area (Å²) >= 11 is 0. The number of hydrogen-bond acceptors (Lipinski definition) is 6. The predicted molar refractivity (Wildman–Crippen MR) is 299 cm³/mol. The van der Waals surface area contributed by atoms with Crippen LogP contribution >= 0.6 is 0 Å². The fourth-order valence-corrected chi connectivity index (χ4v) is 10.2. The van der Waals surface area contributed by atoms with Crippen LogP contribution < -0.4 is 0 Å². The lowest BCUT2D eigenvalue weighted by Crippen LogP contribution is -2.41. The molecular formula is C62H122N2O5. The molecule has 7 heteroatoms. The SMILES string of the molecule is CCCCCCCCCCN(C(=O)CCCCN(C)C)C(CCCCCC(=O)OCC(CCCCCC)CCCCCCCC)CCCCCC(=O)OCC(CCCCCC)CCCCCCCC. The molecular weight excluding hydrogens is 853 g/mol. The number of carbonyl (C=O) groups excluding carboxylic acids is 3. The smallest absolute Gasteiger partial charge is 0.305 e. The molecule has 0 bridgehead atoms. The van der Waals surface area contributed by atoms with Gasteiger partial charge in [0.25, 0.3) is 0 Å². The Kier molecular flexibility index (Phi) is 51.4. The summed E-state index contributed by atoms with van der Waals surface area (Å²) in [7, 11) is 4.22. The van der Waals surface area contributed by atoms with Gasteiger partial charge >= 0.3 is 11.9 Å². The number of amides is 1. The second-order valence-electron chi connectivity index (χ2n) is 22.1. The Balaban J connectivity index is 5.47. The molecule has 0 aliphatic carbocycles. The molecule has 0 aliphatic heterocycles. The lowest BCUT2D eigenvalue weighted by Gasteiger charge is -2.33. The predicted octanol–water partition coefficient (Wildman–Crippen LogP) is 18.7. The summed E-state index contributed by atoms with van der Waals surface area (Å²) in [6, 6.07) is 0.209. The summed E-state index contributed by atoms with van der Waals surface area (Å²) in [4.78, 5) is 44.7. The van der Waals surface area contributed by atoms with Crippen molar-refractivity contribution >= 4 is 17.8 Å². The summed E-state index contributed by atoms with van der Waals surface area (Å²) in [5.74, 6) is 1.25. The first-order valence-corrected chi connectivity index (χ1v) is 31.0. The van der Waals surface area contributed by atoms with E-state index in [0.29, 0.717) is 50.2 Å². The molecule has 0 rings (SSSR count). The highest BCUT2D eigenvalue weighted by molar-refractivity contribution is 5.76. The third-order valence-corrected chi connectivity index (χ3v) is 14.9. The zero-order chi connectivity index (χ0) is 50.7. The van der Waals surface area contributed by atoms with Crippen LogP contribution in [-0.2, 0) is 23.9 Å². The highest BCUT2D eigenvalue weighted by atomic mass is 16.5. The van der Waals surface area contributed by atoms with Gasteiger partial charge in [-0.15, -0.1) is 0 Å².